The molecule has 1 aliphatic heterocycles. The molecule has 2 unspecified atom stereocenters. The lowest BCUT2D eigenvalue weighted by Gasteiger charge is -2.32. The van der Waals surface area contributed by atoms with E-state index in [2.05, 4.69) is 0 Å². The first-order valence-electron chi connectivity index (χ1n) is 10.6. The predicted octanol–water partition coefficient (Wildman–Crippen LogP) is 3.94. The maximum atomic E-state index is 12.8. The molecule has 5 nitrogen and oxygen atoms in total. The van der Waals surface area contributed by atoms with Crippen molar-refractivity contribution in [1.29, 1.82) is 0 Å². The Morgan fingerprint density at radius 2 is 1.50 bits per heavy atom. The Labute approximate surface area is 166 Å². The van der Waals surface area contributed by atoms with E-state index in [0.717, 1.165) is 31.2 Å². The summed E-state index contributed by atoms with van der Waals surface area (Å²) in [6.45, 7) is 4.03. The van der Waals surface area contributed by atoms with Crippen LogP contribution < -0.4 is 4.74 Å². The number of carbonyl (C=O) groups is 3. The molecule has 150 valence electrons. The first-order valence-corrected chi connectivity index (χ1v) is 10.6. The van der Waals surface area contributed by atoms with Gasteiger partial charge < -0.3 is 4.74 Å². The highest BCUT2D eigenvalue weighted by Gasteiger charge is 2.50. The molecule has 3 aliphatic rings. The second kappa shape index (κ2) is 7.69. The average Bonchev–Trinajstić information content (AvgIpc) is 2.96. The summed E-state index contributed by atoms with van der Waals surface area (Å²) >= 11 is 0. The highest BCUT2D eigenvalue weighted by Crippen LogP contribution is 2.41. The molecule has 3 fully saturated rings. The molecule has 2 atom stereocenters. The van der Waals surface area contributed by atoms with E-state index in [1.807, 2.05) is 32.0 Å². The molecule has 2 amide bonds. The Morgan fingerprint density at radius 1 is 0.893 bits per heavy atom. The molecule has 0 bridgehead atoms. The van der Waals surface area contributed by atoms with Crippen molar-refractivity contribution in [1.82, 2.24) is 4.90 Å². The molecule has 0 spiro atoms. The number of imide groups is 1. The molecule has 2 saturated carbocycles. The van der Waals surface area contributed by atoms with Gasteiger partial charge in [-0.15, -0.1) is 0 Å². The van der Waals surface area contributed by atoms with E-state index < -0.39 is 0 Å². The molecule has 4 rings (SSSR count). The van der Waals surface area contributed by atoms with E-state index in [1.165, 1.54) is 5.56 Å². The topological polar surface area (TPSA) is 63.7 Å². The Balaban J connectivity index is 1.35. The minimum atomic E-state index is -0.200. The van der Waals surface area contributed by atoms with Crippen LogP contribution in [0.3, 0.4) is 0 Å². The molecular weight excluding hydrogens is 354 g/mol. The van der Waals surface area contributed by atoms with Crippen LogP contribution in [-0.2, 0) is 14.4 Å². The zero-order chi connectivity index (χ0) is 19.8. The fourth-order valence-electron chi connectivity index (χ4n) is 5.09. The van der Waals surface area contributed by atoms with Gasteiger partial charge in [0.25, 0.3) is 0 Å². The predicted molar refractivity (Wildman–Crippen MR) is 105 cm³/mol. The number of likely N-dealkylation sites (tertiary alicyclic amines) is 1. The van der Waals surface area contributed by atoms with Crippen LogP contribution >= 0.6 is 0 Å². The Hall–Kier alpha value is -2.17. The Morgan fingerprint density at radius 3 is 2.07 bits per heavy atom. The molecule has 2 aliphatic carbocycles. The van der Waals surface area contributed by atoms with Crippen LogP contribution in [0.4, 0.5) is 0 Å². The van der Waals surface area contributed by atoms with Gasteiger partial charge in [-0.2, -0.15) is 0 Å². The first kappa shape index (κ1) is 19.2. The number of rotatable bonds is 3. The van der Waals surface area contributed by atoms with E-state index >= 15 is 0 Å². The van der Waals surface area contributed by atoms with E-state index in [0.29, 0.717) is 31.4 Å². The summed E-state index contributed by atoms with van der Waals surface area (Å²) in [5, 5.41) is 0. The van der Waals surface area contributed by atoms with Crippen molar-refractivity contribution in [2.24, 2.45) is 17.8 Å². The normalized spacial score (nSPS) is 30.3. The number of amides is 2. The zero-order valence-electron chi connectivity index (χ0n) is 16.8. The van der Waals surface area contributed by atoms with E-state index in [-0.39, 0.29) is 41.6 Å². The van der Waals surface area contributed by atoms with Gasteiger partial charge in [0.15, 0.2) is 0 Å². The van der Waals surface area contributed by atoms with Crippen LogP contribution in [0.25, 0.3) is 0 Å². The summed E-state index contributed by atoms with van der Waals surface area (Å²) in [4.78, 5) is 39.7. The van der Waals surface area contributed by atoms with Gasteiger partial charge in [-0.3, -0.25) is 19.3 Å². The third-order valence-corrected chi connectivity index (χ3v) is 6.97. The lowest BCUT2D eigenvalue weighted by molar-refractivity contribution is -0.144. The van der Waals surface area contributed by atoms with Crippen molar-refractivity contribution in [3.63, 3.8) is 0 Å². The maximum absolute atomic E-state index is 12.8. The van der Waals surface area contributed by atoms with Crippen molar-refractivity contribution >= 4 is 17.8 Å². The van der Waals surface area contributed by atoms with Gasteiger partial charge in [0.05, 0.1) is 17.8 Å². The number of hydrogen-bond donors (Lipinski definition) is 0. The molecule has 1 heterocycles. The van der Waals surface area contributed by atoms with E-state index in [1.54, 1.807) is 4.90 Å². The van der Waals surface area contributed by atoms with E-state index in [9.17, 15) is 14.4 Å². The third kappa shape index (κ3) is 3.47. The summed E-state index contributed by atoms with van der Waals surface area (Å²) < 4.78 is 5.58. The summed E-state index contributed by atoms with van der Waals surface area (Å²) in [7, 11) is 0. The van der Waals surface area contributed by atoms with Gasteiger partial charge in [0.1, 0.15) is 5.75 Å². The number of hydrogen-bond acceptors (Lipinski definition) is 4. The minimum absolute atomic E-state index is 0.0378. The zero-order valence-corrected chi connectivity index (χ0v) is 16.8. The smallest absolute Gasteiger partial charge is 0.314 e. The van der Waals surface area contributed by atoms with Crippen LogP contribution in [-0.4, -0.2) is 28.7 Å². The molecule has 28 heavy (non-hydrogen) atoms. The van der Waals surface area contributed by atoms with Crippen molar-refractivity contribution in [2.45, 2.75) is 71.3 Å². The number of esters is 1. The molecule has 1 aromatic rings. The van der Waals surface area contributed by atoms with Gasteiger partial charge in [0, 0.05) is 6.04 Å². The van der Waals surface area contributed by atoms with Crippen molar-refractivity contribution in [3.05, 3.63) is 29.3 Å². The minimum Gasteiger partial charge on any atom is -0.426 e. The average molecular weight is 383 g/mol. The Bertz CT molecular complexity index is 770. The van der Waals surface area contributed by atoms with Crippen molar-refractivity contribution in [2.75, 3.05) is 0 Å². The fraction of sp³-hybridized carbons (Fsp3) is 0.609. The highest BCUT2D eigenvalue weighted by atomic mass is 16.5. The van der Waals surface area contributed by atoms with Crippen LogP contribution in [0.5, 0.6) is 5.75 Å². The van der Waals surface area contributed by atoms with Gasteiger partial charge >= 0.3 is 5.97 Å². The number of fused-ring (bicyclic) bond motifs is 1. The van der Waals surface area contributed by atoms with Crippen LogP contribution in [0, 0.1) is 31.6 Å². The van der Waals surface area contributed by atoms with Gasteiger partial charge in [-0.05, 0) is 75.6 Å². The molecule has 5 heteroatoms. The second-order valence-corrected chi connectivity index (χ2v) is 8.72. The summed E-state index contributed by atoms with van der Waals surface area (Å²) in [5.74, 6) is 0.126. The molecular formula is C23H29NO4. The van der Waals surface area contributed by atoms with Gasteiger partial charge in [-0.1, -0.05) is 18.9 Å². The quantitative estimate of drug-likeness (QED) is 0.450. The number of nitrogens with zero attached hydrogens (tertiary/aromatic N) is 1. The molecule has 1 saturated heterocycles. The third-order valence-electron chi connectivity index (χ3n) is 6.97. The molecule has 0 N–H and O–H groups in total. The van der Waals surface area contributed by atoms with Crippen LogP contribution in [0.2, 0.25) is 0 Å². The van der Waals surface area contributed by atoms with E-state index in [4.69, 9.17) is 4.74 Å². The lowest BCUT2D eigenvalue weighted by atomic mass is 9.81. The van der Waals surface area contributed by atoms with Gasteiger partial charge in [-0.25, -0.2) is 0 Å². The lowest BCUT2D eigenvalue weighted by Crippen LogP contribution is -2.43. The monoisotopic (exact) mass is 383 g/mol. The highest BCUT2D eigenvalue weighted by molar-refractivity contribution is 6.05. The van der Waals surface area contributed by atoms with Gasteiger partial charge in [0.2, 0.25) is 11.8 Å². The summed E-state index contributed by atoms with van der Waals surface area (Å²) in [5.41, 5.74) is 2.27. The van der Waals surface area contributed by atoms with Crippen molar-refractivity contribution < 1.29 is 19.1 Å². The summed E-state index contributed by atoms with van der Waals surface area (Å²) in [6.07, 6.45) is 6.53. The summed E-state index contributed by atoms with van der Waals surface area (Å²) in [6, 6.07) is 5.63. The standard InChI is InChI=1S/C23H29NO4/c1-14-7-12-18(13-15(14)2)28-23(27)16-8-10-17(11-9-16)24-21(25)19-5-3-4-6-20(19)22(24)26/h7,12-13,16-17,19-20H,3-6,8-11H2,1-2H3. The fourth-order valence-corrected chi connectivity index (χ4v) is 5.09. The molecule has 1 aromatic carbocycles. The largest absolute Gasteiger partial charge is 0.426 e. The Kier molecular flexibility index (Phi) is 5.26. The molecule has 0 aromatic heterocycles. The second-order valence-electron chi connectivity index (χ2n) is 8.72. The number of carbonyl (C=O) groups excluding carboxylic acids is 3. The van der Waals surface area contributed by atoms with Crippen molar-refractivity contribution in [3.8, 4) is 5.75 Å². The number of benzene rings is 1. The van der Waals surface area contributed by atoms with Crippen LogP contribution in [0.1, 0.15) is 62.5 Å². The molecule has 0 radical (unpaired) electrons. The number of ether oxygens (including phenoxy) is 1. The first-order chi connectivity index (χ1) is 13.5. The SMILES string of the molecule is Cc1ccc(OC(=O)C2CCC(N3C(=O)C4CCCCC4C3=O)CC2)cc1C. The number of aryl methyl sites for hydroxylation is 2. The van der Waals surface area contributed by atoms with Crippen LogP contribution in [0.15, 0.2) is 18.2 Å². The maximum Gasteiger partial charge on any atom is 0.314 e.